The van der Waals surface area contributed by atoms with Gasteiger partial charge in [-0.1, -0.05) is 6.92 Å². The number of pyridine rings is 1. The van der Waals surface area contributed by atoms with Crippen molar-refractivity contribution in [3.63, 3.8) is 0 Å². The van der Waals surface area contributed by atoms with Gasteiger partial charge < -0.3 is 11.1 Å². The SMILES string of the molecule is CCN(CCCNc1ccc(C(N)=O)cn1)S(C)(=O)=O. The lowest BCUT2D eigenvalue weighted by molar-refractivity contribution is 0.1000. The standard InChI is InChI=1S/C12H20N4O3S/c1-3-16(20(2,18)19)8-4-7-14-11-6-5-10(9-15-11)12(13)17/h5-6,9H,3-4,7-8H2,1-2H3,(H2,13,17)(H,14,15). The molecule has 3 N–H and O–H groups in total. The molecule has 0 spiro atoms. The zero-order valence-corrected chi connectivity index (χ0v) is 12.5. The predicted octanol–water partition coefficient (Wildman–Crippen LogP) is 0.264. The lowest BCUT2D eigenvalue weighted by Crippen LogP contribution is -2.31. The molecule has 0 aromatic carbocycles. The van der Waals surface area contributed by atoms with Crippen LogP contribution in [0, 0.1) is 0 Å². The van der Waals surface area contributed by atoms with Crippen molar-refractivity contribution in [3.8, 4) is 0 Å². The Morgan fingerprint density at radius 1 is 1.45 bits per heavy atom. The molecule has 1 aromatic heterocycles. The van der Waals surface area contributed by atoms with Gasteiger partial charge in [-0.15, -0.1) is 0 Å². The van der Waals surface area contributed by atoms with Gasteiger partial charge in [0.1, 0.15) is 5.82 Å². The average molecular weight is 300 g/mol. The molecule has 0 radical (unpaired) electrons. The summed E-state index contributed by atoms with van der Waals surface area (Å²) in [6.45, 7) is 3.32. The highest BCUT2D eigenvalue weighted by Gasteiger charge is 2.13. The first kappa shape index (κ1) is 16.4. The minimum absolute atomic E-state index is 0.352. The second kappa shape index (κ2) is 7.20. The maximum atomic E-state index is 11.4. The van der Waals surface area contributed by atoms with Crippen LogP contribution in [-0.4, -0.2) is 49.5 Å². The number of hydrogen-bond acceptors (Lipinski definition) is 5. The van der Waals surface area contributed by atoms with Crippen LogP contribution in [0.2, 0.25) is 0 Å². The lowest BCUT2D eigenvalue weighted by atomic mass is 10.3. The number of rotatable bonds is 8. The van der Waals surface area contributed by atoms with E-state index >= 15 is 0 Å². The van der Waals surface area contributed by atoms with E-state index in [0.29, 0.717) is 37.4 Å². The molecular formula is C12H20N4O3S. The largest absolute Gasteiger partial charge is 0.370 e. The van der Waals surface area contributed by atoms with Crippen molar-refractivity contribution in [1.82, 2.24) is 9.29 Å². The summed E-state index contributed by atoms with van der Waals surface area (Å²) < 4.78 is 24.2. The van der Waals surface area contributed by atoms with Crippen LogP contribution in [-0.2, 0) is 10.0 Å². The van der Waals surface area contributed by atoms with E-state index in [-0.39, 0.29) is 0 Å². The van der Waals surface area contributed by atoms with Gasteiger partial charge in [0.25, 0.3) is 0 Å². The van der Waals surface area contributed by atoms with Crippen molar-refractivity contribution < 1.29 is 13.2 Å². The summed E-state index contributed by atoms with van der Waals surface area (Å²) in [4.78, 5) is 14.9. The third-order valence-corrected chi connectivity index (χ3v) is 4.14. The number of nitrogens with zero attached hydrogens (tertiary/aromatic N) is 2. The molecule has 0 saturated carbocycles. The molecule has 1 aromatic rings. The number of carbonyl (C=O) groups is 1. The Bertz CT molecular complexity index is 542. The lowest BCUT2D eigenvalue weighted by Gasteiger charge is -2.17. The molecule has 0 fully saturated rings. The van der Waals surface area contributed by atoms with E-state index in [1.165, 1.54) is 16.8 Å². The Kier molecular flexibility index (Phi) is 5.90. The van der Waals surface area contributed by atoms with Crippen LogP contribution in [0.1, 0.15) is 23.7 Å². The first-order valence-corrected chi connectivity index (χ1v) is 8.14. The third kappa shape index (κ3) is 5.14. The number of nitrogens with two attached hydrogens (primary N) is 1. The predicted molar refractivity (Wildman–Crippen MR) is 78.0 cm³/mol. The van der Waals surface area contributed by atoms with Crippen molar-refractivity contribution >= 4 is 21.7 Å². The van der Waals surface area contributed by atoms with Crippen LogP contribution in [0.3, 0.4) is 0 Å². The monoisotopic (exact) mass is 300 g/mol. The molecule has 1 amide bonds. The number of anilines is 1. The highest BCUT2D eigenvalue weighted by molar-refractivity contribution is 7.88. The minimum atomic E-state index is -3.14. The molecule has 7 nitrogen and oxygen atoms in total. The van der Waals surface area contributed by atoms with Gasteiger partial charge in [0.05, 0.1) is 11.8 Å². The van der Waals surface area contributed by atoms with E-state index < -0.39 is 15.9 Å². The highest BCUT2D eigenvalue weighted by Crippen LogP contribution is 2.05. The van der Waals surface area contributed by atoms with Gasteiger partial charge in [0, 0.05) is 25.8 Å². The van der Waals surface area contributed by atoms with Gasteiger partial charge in [-0.05, 0) is 18.6 Å². The number of amides is 1. The fourth-order valence-corrected chi connectivity index (χ4v) is 2.60. The first-order chi connectivity index (χ1) is 9.34. The summed E-state index contributed by atoms with van der Waals surface area (Å²) in [5.74, 6) is 0.105. The minimum Gasteiger partial charge on any atom is -0.370 e. The molecule has 0 bridgehead atoms. The molecule has 1 heterocycles. The van der Waals surface area contributed by atoms with E-state index in [4.69, 9.17) is 5.73 Å². The normalized spacial score (nSPS) is 11.6. The molecule has 8 heteroatoms. The van der Waals surface area contributed by atoms with E-state index in [1.807, 2.05) is 0 Å². The van der Waals surface area contributed by atoms with Crippen LogP contribution >= 0.6 is 0 Å². The zero-order chi connectivity index (χ0) is 15.2. The molecule has 112 valence electrons. The maximum Gasteiger partial charge on any atom is 0.250 e. The second-order valence-corrected chi connectivity index (χ2v) is 6.31. The number of aromatic nitrogens is 1. The van der Waals surface area contributed by atoms with Crippen LogP contribution in [0.4, 0.5) is 5.82 Å². The van der Waals surface area contributed by atoms with E-state index in [9.17, 15) is 13.2 Å². The Balaban J connectivity index is 2.39. The number of hydrogen-bond donors (Lipinski definition) is 2. The number of primary amides is 1. The van der Waals surface area contributed by atoms with Crippen LogP contribution in [0.25, 0.3) is 0 Å². The van der Waals surface area contributed by atoms with Crippen LogP contribution < -0.4 is 11.1 Å². The Labute approximate surface area is 119 Å². The Hall–Kier alpha value is -1.67. The fraction of sp³-hybridized carbons (Fsp3) is 0.500. The molecule has 1 rings (SSSR count). The van der Waals surface area contributed by atoms with E-state index in [2.05, 4.69) is 10.3 Å². The van der Waals surface area contributed by atoms with Crippen molar-refractivity contribution in [3.05, 3.63) is 23.9 Å². The second-order valence-electron chi connectivity index (χ2n) is 4.33. The van der Waals surface area contributed by atoms with Gasteiger partial charge in [0.2, 0.25) is 15.9 Å². The Morgan fingerprint density at radius 2 is 2.15 bits per heavy atom. The first-order valence-electron chi connectivity index (χ1n) is 6.29. The van der Waals surface area contributed by atoms with Gasteiger partial charge in [0.15, 0.2) is 0 Å². The summed E-state index contributed by atoms with van der Waals surface area (Å²) >= 11 is 0. The molecule has 0 aliphatic heterocycles. The van der Waals surface area contributed by atoms with Gasteiger partial charge in [-0.3, -0.25) is 4.79 Å². The summed E-state index contributed by atoms with van der Waals surface area (Å²) in [5, 5.41) is 3.06. The topological polar surface area (TPSA) is 105 Å². The smallest absolute Gasteiger partial charge is 0.250 e. The summed E-state index contributed by atoms with van der Waals surface area (Å²) in [6, 6.07) is 3.25. The molecule has 0 unspecified atom stereocenters. The van der Waals surface area contributed by atoms with E-state index in [0.717, 1.165) is 0 Å². The number of nitrogens with one attached hydrogen (secondary N) is 1. The van der Waals surface area contributed by atoms with Gasteiger partial charge in [-0.25, -0.2) is 17.7 Å². The Morgan fingerprint density at radius 3 is 2.60 bits per heavy atom. The van der Waals surface area contributed by atoms with Crippen molar-refractivity contribution in [2.45, 2.75) is 13.3 Å². The summed E-state index contributed by atoms with van der Waals surface area (Å²) in [5.41, 5.74) is 5.46. The quantitative estimate of drug-likeness (QED) is 0.670. The third-order valence-electron chi connectivity index (χ3n) is 2.76. The zero-order valence-electron chi connectivity index (χ0n) is 11.7. The fourth-order valence-electron chi connectivity index (χ4n) is 1.67. The van der Waals surface area contributed by atoms with E-state index in [1.54, 1.807) is 19.1 Å². The van der Waals surface area contributed by atoms with Crippen molar-refractivity contribution in [1.29, 1.82) is 0 Å². The summed E-state index contributed by atoms with van der Waals surface area (Å²) in [6.07, 6.45) is 3.27. The van der Waals surface area contributed by atoms with Crippen LogP contribution in [0.5, 0.6) is 0 Å². The van der Waals surface area contributed by atoms with Crippen molar-refractivity contribution in [2.75, 3.05) is 31.2 Å². The van der Waals surface area contributed by atoms with Crippen LogP contribution in [0.15, 0.2) is 18.3 Å². The average Bonchev–Trinajstić information content (AvgIpc) is 2.37. The highest BCUT2D eigenvalue weighted by atomic mass is 32.2. The molecule has 0 atom stereocenters. The van der Waals surface area contributed by atoms with Gasteiger partial charge in [-0.2, -0.15) is 0 Å². The number of carbonyl (C=O) groups excluding carboxylic acids is 1. The molecule has 0 aliphatic carbocycles. The van der Waals surface area contributed by atoms with Crippen molar-refractivity contribution in [2.24, 2.45) is 5.73 Å². The number of sulfonamides is 1. The van der Waals surface area contributed by atoms with Gasteiger partial charge >= 0.3 is 0 Å². The summed E-state index contributed by atoms with van der Waals surface area (Å²) in [7, 11) is -3.14. The molecular weight excluding hydrogens is 280 g/mol. The molecule has 0 aliphatic rings. The molecule has 20 heavy (non-hydrogen) atoms. The molecule has 0 saturated heterocycles. The maximum absolute atomic E-state index is 11.4.